The molecule has 2 atom stereocenters. The number of ether oxygens (including phenoxy) is 1. The lowest BCUT2D eigenvalue weighted by Crippen LogP contribution is -2.40. The summed E-state index contributed by atoms with van der Waals surface area (Å²) in [5.41, 5.74) is 0. The molecule has 0 saturated heterocycles. The topological polar surface area (TPSA) is 32.7 Å². The lowest BCUT2D eigenvalue weighted by Gasteiger charge is -2.28. The summed E-state index contributed by atoms with van der Waals surface area (Å²) in [6.07, 6.45) is 1.96. The third kappa shape index (κ3) is 3.74. The van der Waals surface area contributed by atoms with Gasteiger partial charge in [0.1, 0.15) is 12.8 Å². The highest BCUT2D eigenvalue weighted by atomic mass is 16.5. The van der Waals surface area contributed by atoms with Crippen molar-refractivity contribution in [2.75, 3.05) is 13.7 Å². The van der Waals surface area contributed by atoms with Gasteiger partial charge in [-0.2, -0.15) is 0 Å². The Morgan fingerprint density at radius 2 is 2.25 bits per heavy atom. The standard InChI is InChI=1S/C9H19NO2/c1-5-9(7-12-6-2)10(4)8(3)11/h6,8-9,11H,2,5,7H2,1,3-4H3/t8?,9-/m1/s1. The van der Waals surface area contributed by atoms with Gasteiger partial charge in [0.2, 0.25) is 0 Å². The number of nitrogens with zero attached hydrogens (tertiary/aromatic N) is 1. The van der Waals surface area contributed by atoms with Crippen LogP contribution in [0.2, 0.25) is 0 Å². The maximum atomic E-state index is 9.27. The first-order valence-corrected chi connectivity index (χ1v) is 4.26. The van der Waals surface area contributed by atoms with Crippen molar-refractivity contribution in [3.63, 3.8) is 0 Å². The Morgan fingerprint density at radius 1 is 1.67 bits per heavy atom. The molecular weight excluding hydrogens is 154 g/mol. The second-order valence-electron chi connectivity index (χ2n) is 2.86. The van der Waals surface area contributed by atoms with Crippen LogP contribution in [0.4, 0.5) is 0 Å². The molecule has 0 bridgehead atoms. The monoisotopic (exact) mass is 173 g/mol. The van der Waals surface area contributed by atoms with Crippen molar-refractivity contribution < 1.29 is 9.84 Å². The van der Waals surface area contributed by atoms with E-state index in [1.807, 2.05) is 11.9 Å². The van der Waals surface area contributed by atoms with Gasteiger partial charge in [-0.3, -0.25) is 4.90 Å². The predicted molar refractivity (Wildman–Crippen MR) is 49.7 cm³/mol. The third-order valence-electron chi connectivity index (χ3n) is 2.04. The quantitative estimate of drug-likeness (QED) is 0.484. The summed E-state index contributed by atoms with van der Waals surface area (Å²) in [5, 5.41) is 9.27. The molecule has 0 rings (SSSR count). The Bertz CT molecular complexity index is 126. The highest BCUT2D eigenvalue weighted by molar-refractivity contribution is 4.68. The van der Waals surface area contributed by atoms with Gasteiger partial charge in [-0.15, -0.1) is 0 Å². The fourth-order valence-corrected chi connectivity index (χ4v) is 1.01. The fraction of sp³-hybridized carbons (Fsp3) is 0.778. The molecule has 0 aromatic carbocycles. The minimum Gasteiger partial charge on any atom is -0.500 e. The van der Waals surface area contributed by atoms with Crippen molar-refractivity contribution in [1.29, 1.82) is 0 Å². The first kappa shape index (κ1) is 11.5. The molecule has 0 aliphatic rings. The van der Waals surface area contributed by atoms with E-state index in [-0.39, 0.29) is 6.04 Å². The number of hydrogen-bond donors (Lipinski definition) is 1. The molecule has 72 valence electrons. The van der Waals surface area contributed by atoms with Gasteiger partial charge < -0.3 is 9.84 Å². The first-order chi connectivity index (χ1) is 5.63. The summed E-state index contributed by atoms with van der Waals surface area (Å²) in [7, 11) is 1.88. The lowest BCUT2D eigenvalue weighted by molar-refractivity contribution is -0.0114. The molecule has 0 aromatic rings. The minimum atomic E-state index is -0.427. The molecule has 0 saturated carbocycles. The van der Waals surface area contributed by atoms with Gasteiger partial charge in [-0.05, 0) is 20.4 Å². The molecule has 3 heteroatoms. The van der Waals surface area contributed by atoms with Crippen LogP contribution in [-0.4, -0.2) is 35.9 Å². The van der Waals surface area contributed by atoms with Crippen molar-refractivity contribution in [1.82, 2.24) is 4.90 Å². The summed E-state index contributed by atoms with van der Waals surface area (Å²) in [4.78, 5) is 1.88. The van der Waals surface area contributed by atoms with E-state index in [1.165, 1.54) is 6.26 Å². The second-order valence-corrected chi connectivity index (χ2v) is 2.86. The molecule has 0 aromatic heterocycles. The van der Waals surface area contributed by atoms with Gasteiger partial charge in [0.05, 0.1) is 6.26 Å². The normalized spacial score (nSPS) is 15.8. The van der Waals surface area contributed by atoms with Crippen LogP contribution in [0.25, 0.3) is 0 Å². The van der Waals surface area contributed by atoms with E-state index < -0.39 is 6.23 Å². The predicted octanol–water partition coefficient (Wildman–Crippen LogP) is 1.20. The second kappa shape index (κ2) is 6.03. The van der Waals surface area contributed by atoms with Crippen molar-refractivity contribution in [3.8, 4) is 0 Å². The van der Waals surface area contributed by atoms with Crippen LogP contribution < -0.4 is 0 Å². The summed E-state index contributed by atoms with van der Waals surface area (Å²) in [6, 6.07) is 0.253. The summed E-state index contributed by atoms with van der Waals surface area (Å²) >= 11 is 0. The highest BCUT2D eigenvalue weighted by Gasteiger charge is 2.16. The SMILES string of the molecule is C=COC[C@@H](CC)N(C)C(C)O. The molecule has 1 N–H and O–H groups in total. The van der Waals surface area contributed by atoms with Crippen molar-refractivity contribution in [3.05, 3.63) is 12.8 Å². The zero-order valence-corrected chi connectivity index (χ0v) is 8.16. The van der Waals surface area contributed by atoms with Crippen LogP contribution in [0.1, 0.15) is 20.3 Å². The van der Waals surface area contributed by atoms with Gasteiger partial charge in [0, 0.05) is 6.04 Å². The van der Waals surface area contributed by atoms with Gasteiger partial charge >= 0.3 is 0 Å². The molecule has 0 radical (unpaired) electrons. The van der Waals surface area contributed by atoms with Gasteiger partial charge in [-0.25, -0.2) is 0 Å². The van der Waals surface area contributed by atoms with Crippen molar-refractivity contribution >= 4 is 0 Å². The number of likely N-dealkylation sites (N-methyl/N-ethyl adjacent to an activating group) is 1. The molecule has 0 fully saturated rings. The summed E-state index contributed by atoms with van der Waals surface area (Å²) < 4.78 is 5.07. The van der Waals surface area contributed by atoms with Crippen LogP contribution in [-0.2, 0) is 4.74 Å². The zero-order chi connectivity index (χ0) is 9.56. The van der Waals surface area contributed by atoms with Crippen LogP contribution in [0, 0.1) is 0 Å². The maximum Gasteiger partial charge on any atom is 0.104 e. The minimum absolute atomic E-state index is 0.253. The molecule has 3 nitrogen and oxygen atoms in total. The number of aliphatic hydroxyl groups is 1. The lowest BCUT2D eigenvalue weighted by atomic mass is 10.2. The molecule has 12 heavy (non-hydrogen) atoms. The first-order valence-electron chi connectivity index (χ1n) is 4.26. The van der Waals surface area contributed by atoms with E-state index in [0.29, 0.717) is 6.61 Å². The molecule has 0 spiro atoms. The smallest absolute Gasteiger partial charge is 0.104 e. The van der Waals surface area contributed by atoms with E-state index in [0.717, 1.165) is 6.42 Å². The van der Waals surface area contributed by atoms with Gasteiger partial charge in [-0.1, -0.05) is 13.5 Å². The third-order valence-corrected chi connectivity index (χ3v) is 2.04. The van der Waals surface area contributed by atoms with Gasteiger partial charge in [0.25, 0.3) is 0 Å². The Balaban J connectivity index is 3.86. The van der Waals surface area contributed by atoms with Crippen LogP contribution in [0.3, 0.4) is 0 Å². The van der Waals surface area contributed by atoms with E-state index in [1.54, 1.807) is 6.92 Å². The van der Waals surface area contributed by atoms with E-state index >= 15 is 0 Å². The Morgan fingerprint density at radius 3 is 2.58 bits per heavy atom. The summed E-state index contributed by atoms with van der Waals surface area (Å²) in [6.45, 7) is 7.86. The molecule has 0 heterocycles. The Hall–Kier alpha value is -0.540. The average molecular weight is 173 g/mol. The zero-order valence-electron chi connectivity index (χ0n) is 8.16. The fourth-order valence-electron chi connectivity index (χ4n) is 1.01. The van der Waals surface area contributed by atoms with Crippen molar-refractivity contribution in [2.24, 2.45) is 0 Å². The molecular formula is C9H19NO2. The molecule has 0 aliphatic heterocycles. The molecule has 0 aliphatic carbocycles. The average Bonchev–Trinajstić information content (AvgIpc) is 2.05. The van der Waals surface area contributed by atoms with Gasteiger partial charge in [0.15, 0.2) is 0 Å². The Kier molecular flexibility index (Phi) is 5.76. The van der Waals surface area contributed by atoms with Crippen LogP contribution in [0.5, 0.6) is 0 Å². The van der Waals surface area contributed by atoms with E-state index in [9.17, 15) is 5.11 Å². The summed E-state index contributed by atoms with van der Waals surface area (Å²) in [5.74, 6) is 0. The molecule has 0 amide bonds. The number of aliphatic hydroxyl groups excluding tert-OH is 1. The van der Waals surface area contributed by atoms with Crippen molar-refractivity contribution in [2.45, 2.75) is 32.5 Å². The maximum absolute atomic E-state index is 9.27. The Labute approximate surface area is 74.6 Å². The van der Waals surface area contributed by atoms with Crippen LogP contribution >= 0.6 is 0 Å². The van der Waals surface area contributed by atoms with E-state index in [2.05, 4.69) is 13.5 Å². The number of rotatable bonds is 6. The van der Waals surface area contributed by atoms with E-state index in [4.69, 9.17) is 4.74 Å². The number of hydrogen-bond acceptors (Lipinski definition) is 3. The highest BCUT2D eigenvalue weighted by Crippen LogP contribution is 2.05. The largest absolute Gasteiger partial charge is 0.500 e. The van der Waals surface area contributed by atoms with Crippen LogP contribution in [0.15, 0.2) is 12.8 Å². The molecule has 1 unspecified atom stereocenters.